The first-order valence-electron chi connectivity index (χ1n) is 10.8. The van der Waals surface area contributed by atoms with E-state index in [-0.39, 0.29) is 71.0 Å². The SMILES string of the molecule is O.O.[CH2-]CC(C)(C[CH2-])NC(=O)c1cn2c(C(C)C)c(Oc3ncc(Cl)cc3OCC(F)(F)F)ccc2n1.[Sc]. The van der Waals surface area contributed by atoms with Crippen molar-refractivity contribution in [1.82, 2.24) is 19.7 Å². The van der Waals surface area contributed by atoms with Crippen molar-refractivity contribution in [1.29, 1.82) is 0 Å². The molecule has 0 aromatic carbocycles. The molecule has 3 aromatic heterocycles. The zero-order valence-corrected chi connectivity index (χ0v) is 23.7. The van der Waals surface area contributed by atoms with Crippen LogP contribution in [0.2, 0.25) is 5.02 Å². The van der Waals surface area contributed by atoms with Crippen molar-refractivity contribution in [2.75, 3.05) is 6.61 Å². The number of rotatable bonds is 9. The fourth-order valence-corrected chi connectivity index (χ4v) is 3.41. The van der Waals surface area contributed by atoms with Crippen LogP contribution in [0.15, 0.2) is 30.6 Å². The number of nitrogens with one attached hydrogen (secondary N) is 1. The fourth-order valence-electron chi connectivity index (χ4n) is 3.26. The predicted octanol–water partition coefficient (Wildman–Crippen LogP) is 4.52. The number of ether oxygens (including phenoxy) is 2. The Balaban J connectivity index is 0.00000456. The molecule has 0 aliphatic heterocycles. The molecule has 0 fully saturated rings. The van der Waals surface area contributed by atoms with Crippen LogP contribution in [0.5, 0.6) is 17.4 Å². The van der Waals surface area contributed by atoms with Gasteiger partial charge in [0.05, 0.1) is 10.7 Å². The summed E-state index contributed by atoms with van der Waals surface area (Å²) in [5, 5.41) is 3.00. The molecular weight excluding hydrogens is 562 g/mol. The first-order chi connectivity index (χ1) is 16.4. The standard InChI is InChI=1S/C24H26ClF3N4O3.2H2O.Sc/c1-6-23(5,7-2)31-21(33)16-12-32-19(30-16)9-8-17(20(32)14(3)4)35-22-18(10-15(25)11-29-22)34-13-24(26,27)28;;;/h8-12,14H,1-2,6-7,13H2,3-5H3,(H,31,33);2*1H2;/q-2;;;. The number of amides is 1. The van der Waals surface area contributed by atoms with E-state index in [0.717, 1.165) is 0 Å². The van der Waals surface area contributed by atoms with Gasteiger partial charge in [-0.2, -0.15) is 26.0 Å². The van der Waals surface area contributed by atoms with E-state index in [2.05, 4.69) is 29.1 Å². The van der Waals surface area contributed by atoms with Crippen LogP contribution in [0.1, 0.15) is 55.7 Å². The Kier molecular flexibility index (Phi) is 13.4. The third-order valence-electron chi connectivity index (χ3n) is 5.31. The maximum Gasteiger partial charge on any atom is 0.422 e. The Labute approximate surface area is 242 Å². The van der Waals surface area contributed by atoms with Crippen molar-refractivity contribution in [2.24, 2.45) is 0 Å². The second kappa shape index (κ2) is 14.2. The first kappa shape index (κ1) is 35.8. The van der Waals surface area contributed by atoms with E-state index in [1.807, 2.05) is 20.8 Å². The van der Waals surface area contributed by atoms with E-state index >= 15 is 0 Å². The topological polar surface area (TPSA) is 141 Å². The summed E-state index contributed by atoms with van der Waals surface area (Å²) < 4.78 is 50.5. The first-order valence-corrected chi connectivity index (χ1v) is 11.2. The van der Waals surface area contributed by atoms with E-state index in [1.165, 1.54) is 12.3 Å². The molecule has 1 amide bonds. The molecule has 1 radical (unpaired) electrons. The van der Waals surface area contributed by atoms with Crippen molar-refractivity contribution in [3.05, 3.63) is 60.9 Å². The number of hydrogen-bond donors (Lipinski definition) is 1. The molecule has 38 heavy (non-hydrogen) atoms. The second-order valence-corrected chi connectivity index (χ2v) is 9.01. The summed E-state index contributed by atoms with van der Waals surface area (Å²) in [5.74, 6) is -0.613. The number of aromatic nitrogens is 3. The van der Waals surface area contributed by atoms with E-state index in [4.69, 9.17) is 21.1 Å². The number of alkyl halides is 3. The second-order valence-electron chi connectivity index (χ2n) is 8.57. The Morgan fingerprint density at radius 2 is 1.82 bits per heavy atom. The molecule has 3 aromatic rings. The molecule has 0 saturated heterocycles. The third-order valence-corrected chi connectivity index (χ3v) is 5.52. The quantitative estimate of drug-likeness (QED) is 0.364. The van der Waals surface area contributed by atoms with Crippen LogP contribution in [-0.4, -0.2) is 49.6 Å². The van der Waals surface area contributed by atoms with Crippen LogP contribution in [0.25, 0.3) is 5.65 Å². The summed E-state index contributed by atoms with van der Waals surface area (Å²) in [6, 6.07) is 4.44. The smallest absolute Gasteiger partial charge is 0.422 e. The molecule has 5 N–H and O–H groups in total. The van der Waals surface area contributed by atoms with Crippen LogP contribution in [0, 0.1) is 13.8 Å². The van der Waals surface area contributed by atoms with Gasteiger partial charge in [-0.05, 0) is 30.5 Å². The maximum atomic E-state index is 12.8. The van der Waals surface area contributed by atoms with Crippen LogP contribution >= 0.6 is 11.6 Å². The molecule has 0 aliphatic carbocycles. The molecule has 14 heteroatoms. The van der Waals surface area contributed by atoms with Gasteiger partial charge in [0.25, 0.3) is 11.8 Å². The molecule has 0 bridgehead atoms. The number of pyridine rings is 2. The van der Waals surface area contributed by atoms with E-state index in [0.29, 0.717) is 29.9 Å². The molecule has 209 valence electrons. The summed E-state index contributed by atoms with van der Waals surface area (Å²) in [4.78, 5) is 21.2. The van der Waals surface area contributed by atoms with Crippen molar-refractivity contribution < 1.29 is 64.2 Å². The summed E-state index contributed by atoms with van der Waals surface area (Å²) in [6.45, 7) is 11.9. The number of hydrogen-bond acceptors (Lipinski definition) is 5. The molecule has 0 spiro atoms. The minimum Gasteiger partial charge on any atom is -0.478 e. The summed E-state index contributed by atoms with van der Waals surface area (Å²) in [5.41, 5.74) is 0.741. The number of halogens is 4. The van der Waals surface area contributed by atoms with Gasteiger partial charge in [-0.1, -0.05) is 25.4 Å². The van der Waals surface area contributed by atoms with Crippen molar-refractivity contribution >= 4 is 23.2 Å². The molecule has 3 rings (SSSR count). The third kappa shape index (κ3) is 8.65. The average Bonchev–Trinajstić information content (AvgIpc) is 3.22. The summed E-state index contributed by atoms with van der Waals surface area (Å²) >= 11 is 5.89. The zero-order valence-electron chi connectivity index (χ0n) is 21.2. The summed E-state index contributed by atoms with van der Waals surface area (Å²) in [7, 11) is 0. The van der Waals surface area contributed by atoms with Crippen LogP contribution in [0.4, 0.5) is 13.2 Å². The molecule has 0 unspecified atom stereocenters. The number of nitrogens with zero attached hydrogens (tertiary/aromatic N) is 3. The Hall–Kier alpha value is -2.22. The van der Waals surface area contributed by atoms with E-state index in [9.17, 15) is 18.0 Å². The molecule has 0 saturated carbocycles. The molecule has 0 aliphatic rings. The maximum absolute atomic E-state index is 12.8. The molecule has 9 nitrogen and oxygen atoms in total. The van der Waals surface area contributed by atoms with Crippen molar-refractivity contribution in [2.45, 2.75) is 51.2 Å². The molecular formula is C24H30ClF3N4O5Sc-2. The zero-order chi connectivity index (χ0) is 26.0. The van der Waals surface area contributed by atoms with Gasteiger partial charge in [-0.3, -0.25) is 9.20 Å². The van der Waals surface area contributed by atoms with E-state index in [1.54, 1.807) is 22.7 Å². The van der Waals surface area contributed by atoms with Gasteiger partial charge in [0, 0.05) is 44.3 Å². The number of fused-ring (bicyclic) bond motifs is 1. The number of imidazole rings is 1. The van der Waals surface area contributed by atoms with Crippen LogP contribution in [-0.2, 0) is 25.8 Å². The van der Waals surface area contributed by atoms with Gasteiger partial charge in [-0.15, -0.1) is 0 Å². The Morgan fingerprint density at radius 1 is 1.18 bits per heavy atom. The minimum absolute atomic E-state index is 0. The van der Waals surface area contributed by atoms with Crippen LogP contribution < -0.4 is 14.8 Å². The molecule has 0 atom stereocenters. The van der Waals surface area contributed by atoms with Gasteiger partial charge in [0.1, 0.15) is 17.1 Å². The number of carbonyl (C=O) groups is 1. The molecule has 3 heterocycles. The van der Waals surface area contributed by atoms with Crippen molar-refractivity contribution in [3.63, 3.8) is 0 Å². The summed E-state index contributed by atoms with van der Waals surface area (Å²) in [6.07, 6.45) is -0.814. The Bertz CT molecular complexity index is 1220. The van der Waals surface area contributed by atoms with Crippen LogP contribution in [0.3, 0.4) is 0 Å². The predicted molar refractivity (Wildman–Crippen MR) is 133 cm³/mol. The Morgan fingerprint density at radius 3 is 2.37 bits per heavy atom. The van der Waals surface area contributed by atoms with E-state index < -0.39 is 18.3 Å². The minimum atomic E-state index is -4.55. The number of carbonyl (C=O) groups excluding carboxylic acids is 1. The van der Waals surface area contributed by atoms with Gasteiger partial charge >= 0.3 is 6.18 Å². The van der Waals surface area contributed by atoms with Gasteiger partial charge < -0.3 is 39.6 Å². The fraction of sp³-hybridized carbons (Fsp3) is 0.375. The van der Waals surface area contributed by atoms with Gasteiger partial charge in [0.2, 0.25) is 0 Å². The normalized spacial score (nSPS) is 11.3. The largest absolute Gasteiger partial charge is 0.478 e. The van der Waals surface area contributed by atoms with Gasteiger partial charge in [-0.25, -0.2) is 9.97 Å². The van der Waals surface area contributed by atoms with Gasteiger partial charge in [0.15, 0.2) is 12.4 Å². The monoisotopic (exact) mass is 591 g/mol. The van der Waals surface area contributed by atoms with Crippen molar-refractivity contribution in [3.8, 4) is 17.4 Å². The average molecular weight is 592 g/mol.